The fraction of sp³-hybridized carbons (Fsp3) is 0.286. The lowest BCUT2D eigenvalue weighted by atomic mass is 10.3. The van der Waals surface area contributed by atoms with E-state index < -0.39 is 12.0 Å². The molecule has 0 spiro atoms. The number of aryl methyl sites for hydroxylation is 2. The number of rotatable bonds is 5. The summed E-state index contributed by atoms with van der Waals surface area (Å²) in [5.41, 5.74) is 0.915. The van der Waals surface area contributed by atoms with Crippen molar-refractivity contribution >= 4 is 29.0 Å². The second-order valence-corrected chi connectivity index (χ2v) is 5.83. The van der Waals surface area contributed by atoms with Crippen molar-refractivity contribution in [3.63, 3.8) is 0 Å². The number of thiophene rings is 1. The summed E-state index contributed by atoms with van der Waals surface area (Å²) < 4.78 is 0. The van der Waals surface area contributed by atoms with Crippen molar-refractivity contribution in [1.29, 1.82) is 0 Å². The number of anilines is 1. The van der Waals surface area contributed by atoms with Crippen LogP contribution in [-0.2, 0) is 13.0 Å². The third-order valence-corrected chi connectivity index (χ3v) is 4.13. The normalized spacial score (nSPS) is 10.4. The average Bonchev–Trinajstić information content (AvgIpc) is 3.03. The molecule has 0 bridgehead atoms. The van der Waals surface area contributed by atoms with Crippen LogP contribution in [0.3, 0.4) is 0 Å². The molecule has 2 heterocycles. The molecule has 21 heavy (non-hydrogen) atoms. The molecule has 0 aliphatic carbocycles. The van der Waals surface area contributed by atoms with E-state index in [1.54, 1.807) is 24.3 Å². The van der Waals surface area contributed by atoms with Gasteiger partial charge in [0, 0.05) is 15.4 Å². The molecule has 112 valence electrons. The van der Waals surface area contributed by atoms with Crippen molar-refractivity contribution in [2.24, 2.45) is 0 Å². The lowest BCUT2D eigenvalue weighted by Crippen LogP contribution is -2.28. The van der Waals surface area contributed by atoms with Crippen molar-refractivity contribution in [2.45, 2.75) is 26.8 Å². The highest BCUT2D eigenvalue weighted by Gasteiger charge is 2.15. The molecule has 0 fully saturated rings. The van der Waals surface area contributed by atoms with Crippen molar-refractivity contribution in [3.8, 4) is 0 Å². The van der Waals surface area contributed by atoms with Crippen LogP contribution in [0.25, 0.3) is 0 Å². The molecule has 0 saturated carbocycles. The molecule has 0 atom stereocenters. The van der Waals surface area contributed by atoms with Gasteiger partial charge in [-0.2, -0.15) is 0 Å². The number of carboxylic acids is 1. The Morgan fingerprint density at radius 3 is 2.67 bits per heavy atom. The Kier molecular flexibility index (Phi) is 4.64. The summed E-state index contributed by atoms with van der Waals surface area (Å²) >= 11 is 1.65. The van der Waals surface area contributed by atoms with Gasteiger partial charge in [-0.15, -0.1) is 11.3 Å². The Morgan fingerprint density at radius 2 is 2.05 bits per heavy atom. The van der Waals surface area contributed by atoms with E-state index in [0.717, 1.165) is 11.3 Å². The quantitative estimate of drug-likeness (QED) is 0.684. The number of urea groups is 1. The van der Waals surface area contributed by atoms with E-state index in [1.165, 1.54) is 4.88 Å². The van der Waals surface area contributed by atoms with Crippen LogP contribution in [0.4, 0.5) is 10.5 Å². The maximum absolute atomic E-state index is 11.8. The number of amides is 2. The van der Waals surface area contributed by atoms with Gasteiger partial charge < -0.3 is 20.7 Å². The number of aromatic amines is 1. The Bertz CT molecular complexity index is 660. The highest BCUT2D eigenvalue weighted by molar-refractivity contribution is 7.11. The minimum absolute atomic E-state index is 0.0213. The molecule has 2 rings (SSSR count). The maximum atomic E-state index is 11.8. The monoisotopic (exact) mass is 307 g/mol. The number of hydrogen-bond donors (Lipinski definition) is 4. The minimum Gasteiger partial charge on any atom is -0.477 e. The highest BCUT2D eigenvalue weighted by Crippen LogP contribution is 2.18. The van der Waals surface area contributed by atoms with E-state index in [9.17, 15) is 9.59 Å². The summed E-state index contributed by atoms with van der Waals surface area (Å²) in [6, 6.07) is 5.18. The van der Waals surface area contributed by atoms with Gasteiger partial charge in [0.2, 0.25) is 0 Å². The number of carbonyl (C=O) groups excluding carboxylic acids is 1. The van der Waals surface area contributed by atoms with Crippen molar-refractivity contribution in [1.82, 2.24) is 10.3 Å². The molecular weight excluding hydrogens is 290 g/mol. The molecule has 0 radical (unpaired) electrons. The Morgan fingerprint density at radius 1 is 1.33 bits per heavy atom. The van der Waals surface area contributed by atoms with Gasteiger partial charge in [0.15, 0.2) is 0 Å². The van der Waals surface area contributed by atoms with Crippen LogP contribution >= 0.6 is 11.3 Å². The van der Waals surface area contributed by atoms with Gasteiger partial charge in [-0.3, -0.25) is 0 Å². The van der Waals surface area contributed by atoms with Gasteiger partial charge in [0.1, 0.15) is 5.69 Å². The Balaban J connectivity index is 1.94. The summed E-state index contributed by atoms with van der Waals surface area (Å²) in [7, 11) is 0. The van der Waals surface area contributed by atoms with Crippen molar-refractivity contribution in [3.05, 3.63) is 39.3 Å². The fourth-order valence-corrected chi connectivity index (χ4v) is 2.80. The van der Waals surface area contributed by atoms with E-state index in [-0.39, 0.29) is 11.4 Å². The fourth-order valence-electron chi connectivity index (χ4n) is 1.90. The number of nitrogens with one attached hydrogen (secondary N) is 3. The first-order valence-corrected chi connectivity index (χ1v) is 7.36. The van der Waals surface area contributed by atoms with Gasteiger partial charge in [0.05, 0.1) is 12.2 Å². The number of hydrogen-bond acceptors (Lipinski definition) is 3. The molecule has 2 amide bonds. The number of aromatic carboxylic acids is 1. The minimum atomic E-state index is -1.11. The van der Waals surface area contributed by atoms with E-state index in [0.29, 0.717) is 12.2 Å². The molecule has 0 unspecified atom stereocenters. The molecule has 0 saturated heterocycles. The van der Waals surface area contributed by atoms with E-state index in [2.05, 4.69) is 22.5 Å². The van der Waals surface area contributed by atoms with Crippen LogP contribution in [0.2, 0.25) is 0 Å². The van der Waals surface area contributed by atoms with Crippen LogP contribution in [-0.4, -0.2) is 22.1 Å². The summed E-state index contributed by atoms with van der Waals surface area (Å²) in [5.74, 6) is -1.11. The number of H-pyrrole nitrogens is 1. The summed E-state index contributed by atoms with van der Waals surface area (Å²) in [6.45, 7) is 4.23. The van der Waals surface area contributed by atoms with Crippen LogP contribution < -0.4 is 10.6 Å². The zero-order valence-electron chi connectivity index (χ0n) is 11.8. The van der Waals surface area contributed by atoms with Gasteiger partial charge in [-0.05, 0) is 31.5 Å². The first-order chi connectivity index (χ1) is 9.99. The molecule has 7 heteroatoms. The van der Waals surface area contributed by atoms with Crippen molar-refractivity contribution < 1.29 is 14.7 Å². The number of carbonyl (C=O) groups is 2. The second-order valence-electron chi connectivity index (χ2n) is 4.58. The summed E-state index contributed by atoms with van der Waals surface area (Å²) in [4.78, 5) is 27.9. The average molecular weight is 307 g/mol. The van der Waals surface area contributed by atoms with Crippen LogP contribution in [0.15, 0.2) is 18.2 Å². The Labute approximate surface area is 126 Å². The molecule has 0 aliphatic heterocycles. The largest absolute Gasteiger partial charge is 0.477 e. The number of aromatic nitrogens is 1. The molecule has 2 aromatic heterocycles. The smallest absolute Gasteiger partial charge is 0.354 e. The van der Waals surface area contributed by atoms with E-state index >= 15 is 0 Å². The topological polar surface area (TPSA) is 94.2 Å². The predicted octanol–water partition coefficient (Wildman–Crippen LogP) is 2.97. The highest BCUT2D eigenvalue weighted by atomic mass is 32.1. The molecule has 0 aliphatic rings. The van der Waals surface area contributed by atoms with Crippen LogP contribution in [0.1, 0.15) is 32.9 Å². The zero-order valence-corrected chi connectivity index (χ0v) is 12.6. The van der Waals surface area contributed by atoms with Gasteiger partial charge in [-0.25, -0.2) is 9.59 Å². The lowest BCUT2D eigenvalue weighted by molar-refractivity contribution is 0.0692. The standard InChI is InChI=1S/C14H17N3O3S/c1-3-9-4-5-10(21-9)7-15-14(20)17-11-6-8(2)16-12(11)13(18)19/h4-6,16H,3,7H2,1-2H3,(H,18,19)(H2,15,17,20). The second kappa shape index (κ2) is 6.45. The SMILES string of the molecule is CCc1ccc(CNC(=O)Nc2cc(C)[nH]c2C(=O)O)s1. The third kappa shape index (κ3) is 3.85. The van der Waals surface area contributed by atoms with E-state index in [1.807, 2.05) is 12.1 Å². The van der Waals surface area contributed by atoms with Gasteiger partial charge in [0.25, 0.3) is 0 Å². The van der Waals surface area contributed by atoms with Crippen LogP contribution in [0.5, 0.6) is 0 Å². The summed E-state index contributed by atoms with van der Waals surface area (Å²) in [6.07, 6.45) is 0.974. The van der Waals surface area contributed by atoms with Crippen molar-refractivity contribution in [2.75, 3.05) is 5.32 Å². The van der Waals surface area contributed by atoms with E-state index in [4.69, 9.17) is 5.11 Å². The lowest BCUT2D eigenvalue weighted by Gasteiger charge is -2.06. The molecular formula is C14H17N3O3S. The molecule has 4 N–H and O–H groups in total. The Hall–Kier alpha value is -2.28. The first kappa shape index (κ1) is 15.1. The van der Waals surface area contributed by atoms with Gasteiger partial charge in [-0.1, -0.05) is 6.92 Å². The summed E-state index contributed by atoms with van der Waals surface area (Å²) in [5, 5.41) is 14.3. The third-order valence-electron chi connectivity index (χ3n) is 2.90. The zero-order chi connectivity index (χ0) is 15.4. The molecule has 0 aromatic carbocycles. The van der Waals surface area contributed by atoms with Crippen LogP contribution in [0, 0.1) is 6.92 Å². The maximum Gasteiger partial charge on any atom is 0.354 e. The first-order valence-electron chi connectivity index (χ1n) is 6.55. The molecule has 6 nitrogen and oxygen atoms in total. The van der Waals surface area contributed by atoms with Gasteiger partial charge >= 0.3 is 12.0 Å². The number of carboxylic acid groups (broad SMARTS) is 1. The molecule has 2 aromatic rings. The predicted molar refractivity (Wildman–Crippen MR) is 82.0 cm³/mol.